The van der Waals surface area contributed by atoms with Crippen molar-refractivity contribution in [1.29, 1.82) is 0 Å². The Hall–Kier alpha value is 0.394. The maximum absolute atomic E-state index is 2.88. The van der Waals surface area contributed by atoms with Crippen molar-refractivity contribution in [3.8, 4) is 0 Å². The quantitative estimate of drug-likeness (QED) is 0.550. The van der Waals surface area contributed by atoms with Crippen molar-refractivity contribution in [3.05, 3.63) is 0 Å². The lowest BCUT2D eigenvalue weighted by Crippen LogP contribution is -2.44. The first-order chi connectivity index (χ1) is 4.67. The van der Waals surface area contributed by atoms with Crippen LogP contribution in [0.5, 0.6) is 0 Å². The van der Waals surface area contributed by atoms with E-state index < -0.39 is 0 Å². The topological polar surface area (TPSA) is 3.24 Å². The third kappa shape index (κ3) is 1.71. The molecule has 0 aromatic heterocycles. The van der Waals surface area contributed by atoms with E-state index in [1.807, 2.05) is 0 Å². The van der Waals surface area contributed by atoms with E-state index in [-0.39, 0.29) is 19.4 Å². The molecule has 0 radical (unpaired) electrons. The average molecular weight is 173 g/mol. The molecule has 1 heterocycles. The van der Waals surface area contributed by atoms with Crippen molar-refractivity contribution in [2.24, 2.45) is 0 Å². The summed E-state index contributed by atoms with van der Waals surface area (Å²) in [7, 11) is 0.474. The second-order valence-corrected chi connectivity index (χ2v) is 8.59. The molecule has 10 heavy (non-hydrogen) atoms. The smallest absolute Gasteiger partial charge is 0.0873 e. The van der Waals surface area contributed by atoms with Crippen LogP contribution in [0, 0.1) is 0 Å². The Morgan fingerprint density at radius 2 is 1.80 bits per heavy atom. The Labute approximate surface area is 69.0 Å². The maximum atomic E-state index is 2.88. The molecule has 0 bridgehead atoms. The van der Waals surface area contributed by atoms with Crippen LogP contribution < -0.4 is 0 Å². The van der Waals surface area contributed by atoms with Gasteiger partial charge in [0.1, 0.15) is 0 Å². The van der Waals surface area contributed by atoms with E-state index in [4.69, 9.17) is 0 Å². The first-order valence-electron chi connectivity index (χ1n) is 4.42. The molecule has 1 aliphatic rings. The van der Waals surface area contributed by atoms with Crippen molar-refractivity contribution in [2.75, 3.05) is 0 Å². The summed E-state index contributed by atoms with van der Waals surface area (Å²) in [5.74, 6) is 0. The fourth-order valence-corrected chi connectivity index (χ4v) is 7.99. The summed E-state index contributed by atoms with van der Waals surface area (Å²) in [6.07, 6.45) is 1.34. The molecule has 1 rings (SSSR count). The van der Waals surface area contributed by atoms with Crippen LogP contribution in [-0.4, -0.2) is 29.1 Å². The summed E-state index contributed by atoms with van der Waals surface area (Å²) < 4.78 is 2.88. The summed E-state index contributed by atoms with van der Waals surface area (Å²) in [6.45, 7) is 7.15. The predicted octanol–water partition coefficient (Wildman–Crippen LogP) is 0.495. The van der Waals surface area contributed by atoms with Gasteiger partial charge < -0.3 is 4.23 Å². The summed E-state index contributed by atoms with van der Waals surface area (Å²) >= 11 is 0. The highest BCUT2D eigenvalue weighted by Gasteiger charge is 2.26. The minimum Gasteiger partial charge on any atom is -0.350 e. The summed E-state index contributed by atoms with van der Waals surface area (Å²) in [6, 6.07) is 3.21. The molecule has 0 spiro atoms. The van der Waals surface area contributed by atoms with Crippen molar-refractivity contribution in [2.45, 2.75) is 44.8 Å². The highest BCUT2D eigenvalue weighted by atomic mass is 28.3. The lowest BCUT2D eigenvalue weighted by Gasteiger charge is -2.35. The molecule has 1 aliphatic heterocycles. The molecule has 1 nitrogen and oxygen atoms in total. The molecule has 0 aromatic carbocycles. The molecule has 1 fully saturated rings. The number of hydrogen-bond donors (Lipinski definition) is 0. The summed E-state index contributed by atoms with van der Waals surface area (Å²) in [5, 5.41) is 0. The highest BCUT2D eigenvalue weighted by molar-refractivity contribution is 6.56. The molecule has 0 amide bonds. The minimum atomic E-state index is 0.237. The molecule has 0 atom stereocenters. The van der Waals surface area contributed by atoms with Gasteiger partial charge in [-0.05, 0) is 20.3 Å². The van der Waals surface area contributed by atoms with Crippen LogP contribution >= 0.6 is 0 Å². The van der Waals surface area contributed by atoms with Crippen molar-refractivity contribution in [3.63, 3.8) is 0 Å². The second-order valence-electron chi connectivity index (χ2n) is 3.86. The van der Waals surface area contributed by atoms with Crippen LogP contribution in [0.25, 0.3) is 0 Å². The van der Waals surface area contributed by atoms with Gasteiger partial charge in [-0.2, -0.15) is 0 Å². The largest absolute Gasteiger partial charge is 0.350 e. The van der Waals surface area contributed by atoms with Gasteiger partial charge in [-0.15, -0.1) is 0 Å². The lowest BCUT2D eigenvalue weighted by molar-refractivity contribution is 0.333. The van der Waals surface area contributed by atoms with E-state index in [0.717, 1.165) is 0 Å². The fraction of sp³-hybridized carbons (Fsp3) is 1.00. The first kappa shape index (κ1) is 8.49. The van der Waals surface area contributed by atoms with Crippen LogP contribution in [-0.2, 0) is 0 Å². The van der Waals surface area contributed by atoms with Gasteiger partial charge >= 0.3 is 0 Å². The molecule has 60 valence electrons. The van der Waals surface area contributed by atoms with Crippen molar-refractivity contribution >= 4 is 19.4 Å². The van der Waals surface area contributed by atoms with Crippen LogP contribution in [0.1, 0.15) is 27.2 Å². The van der Waals surface area contributed by atoms with Crippen molar-refractivity contribution in [1.82, 2.24) is 4.23 Å². The Balaban J connectivity index is 2.45. The van der Waals surface area contributed by atoms with Gasteiger partial charge in [-0.3, -0.25) is 0 Å². The van der Waals surface area contributed by atoms with Crippen LogP contribution in [0.4, 0.5) is 0 Å². The van der Waals surface area contributed by atoms with Gasteiger partial charge in [0.05, 0.1) is 19.4 Å². The van der Waals surface area contributed by atoms with Gasteiger partial charge in [-0.1, -0.05) is 19.0 Å². The summed E-state index contributed by atoms with van der Waals surface area (Å²) in [5.41, 5.74) is 0.578. The van der Waals surface area contributed by atoms with Crippen molar-refractivity contribution < 1.29 is 0 Å². The van der Waals surface area contributed by atoms with Crippen LogP contribution in [0.15, 0.2) is 0 Å². The van der Waals surface area contributed by atoms with E-state index in [0.29, 0.717) is 5.54 Å². The molecule has 0 aliphatic carbocycles. The van der Waals surface area contributed by atoms with E-state index in [1.165, 1.54) is 6.42 Å². The maximum Gasteiger partial charge on any atom is 0.0873 e. The standard InChI is InChI=1S/C7H19NSi2/c1-4-7(2,3)8-9-5-6-10-8/h4-6,9-10H2,1-3H3. The Morgan fingerprint density at radius 3 is 2.20 bits per heavy atom. The molecule has 0 aromatic rings. The molecule has 1 saturated heterocycles. The van der Waals surface area contributed by atoms with Gasteiger partial charge in [-0.25, -0.2) is 0 Å². The highest BCUT2D eigenvalue weighted by Crippen LogP contribution is 2.21. The monoisotopic (exact) mass is 173 g/mol. The molecular weight excluding hydrogens is 154 g/mol. The SMILES string of the molecule is CCC(C)(C)N1[SiH2]CC[SiH2]1. The molecule has 0 unspecified atom stereocenters. The zero-order chi connectivity index (χ0) is 7.61. The molecule has 0 N–H and O–H groups in total. The fourth-order valence-electron chi connectivity index (χ4n) is 1.55. The van der Waals surface area contributed by atoms with Gasteiger partial charge in [0.25, 0.3) is 0 Å². The van der Waals surface area contributed by atoms with E-state index in [2.05, 4.69) is 25.0 Å². The Kier molecular flexibility index (Phi) is 2.71. The Bertz CT molecular complexity index is 108. The first-order valence-corrected chi connectivity index (χ1v) is 7.68. The lowest BCUT2D eigenvalue weighted by atomic mass is 10.0. The molecular formula is C7H19NSi2. The predicted molar refractivity (Wildman–Crippen MR) is 52.9 cm³/mol. The minimum absolute atomic E-state index is 0.237. The van der Waals surface area contributed by atoms with Crippen LogP contribution in [0.3, 0.4) is 0 Å². The zero-order valence-electron chi connectivity index (χ0n) is 7.48. The zero-order valence-corrected chi connectivity index (χ0v) is 10.3. The average Bonchev–Trinajstić information content (AvgIpc) is 2.38. The third-order valence-electron chi connectivity index (χ3n) is 2.83. The van der Waals surface area contributed by atoms with Gasteiger partial charge in [0.2, 0.25) is 0 Å². The summed E-state index contributed by atoms with van der Waals surface area (Å²) in [4.78, 5) is 0. The van der Waals surface area contributed by atoms with Crippen LogP contribution in [0.2, 0.25) is 12.1 Å². The number of nitrogens with zero attached hydrogens (tertiary/aromatic N) is 1. The van der Waals surface area contributed by atoms with Gasteiger partial charge in [0.15, 0.2) is 0 Å². The molecule has 0 saturated carbocycles. The second kappa shape index (κ2) is 3.19. The van der Waals surface area contributed by atoms with E-state index in [9.17, 15) is 0 Å². The Morgan fingerprint density at radius 1 is 1.30 bits per heavy atom. The van der Waals surface area contributed by atoms with E-state index in [1.54, 1.807) is 12.1 Å². The third-order valence-corrected chi connectivity index (χ3v) is 10.1. The van der Waals surface area contributed by atoms with E-state index >= 15 is 0 Å². The van der Waals surface area contributed by atoms with Gasteiger partial charge in [0, 0.05) is 5.54 Å². The number of hydrogen-bond acceptors (Lipinski definition) is 1. The number of rotatable bonds is 2. The normalized spacial score (nSPS) is 26.7. The molecule has 3 heteroatoms.